The first-order chi connectivity index (χ1) is 3.15. The summed E-state index contributed by atoms with van der Waals surface area (Å²) in [5.74, 6) is -0.333. The fraction of sp³-hybridized carbons (Fsp3) is 0. The van der Waals surface area contributed by atoms with Gasteiger partial charge in [0.15, 0.2) is 5.96 Å². The molecule has 40 valence electrons. The van der Waals surface area contributed by atoms with E-state index >= 15 is 0 Å². The number of hydrogen-bond donors (Lipinski definition) is 3. The zero-order valence-corrected chi connectivity index (χ0v) is 11.6. The second kappa shape index (κ2) is 15.7. The first kappa shape index (κ1) is 16.0. The Hall–Kier alpha value is 1.03. The molecule has 0 atom stereocenters. The van der Waals surface area contributed by atoms with E-state index in [1.807, 2.05) is 0 Å². The summed E-state index contributed by atoms with van der Waals surface area (Å²) < 4.78 is 0. The molecular formula is C2H5CsN4S. The molecule has 0 aromatic carbocycles. The Bertz CT molecular complexity index is 82.5. The van der Waals surface area contributed by atoms with Crippen LogP contribution in [0, 0.1) is 16.1 Å². The molecular weight excluding hydrogens is 245 g/mol. The molecule has 5 N–H and O–H groups in total. The van der Waals surface area contributed by atoms with Crippen molar-refractivity contribution in [3.8, 4) is 5.40 Å². The van der Waals surface area contributed by atoms with Crippen molar-refractivity contribution in [3.05, 3.63) is 0 Å². The molecule has 6 heteroatoms. The molecule has 0 aliphatic rings. The van der Waals surface area contributed by atoms with Gasteiger partial charge in [-0.1, -0.05) is 5.40 Å². The van der Waals surface area contributed by atoms with Crippen LogP contribution in [-0.4, -0.2) is 5.96 Å². The van der Waals surface area contributed by atoms with Crippen LogP contribution in [0.1, 0.15) is 0 Å². The zero-order valence-electron chi connectivity index (χ0n) is 4.51. The smallest absolute Gasteiger partial charge is 0.696 e. The first-order valence-electron chi connectivity index (χ1n) is 1.26. The average Bonchev–Trinajstić information content (AvgIpc) is 1.33. The minimum absolute atomic E-state index is 0. The number of nitrogens with two attached hydrogens (primary N) is 2. The third-order valence-corrected chi connectivity index (χ3v) is 0. The summed E-state index contributed by atoms with van der Waals surface area (Å²) in [6, 6.07) is 0. The minimum Gasteiger partial charge on any atom is -0.696 e. The normalized spacial score (nSPS) is 3.88. The molecule has 0 aliphatic carbocycles. The number of nitrogens with one attached hydrogen (secondary N) is 1. The van der Waals surface area contributed by atoms with Crippen molar-refractivity contribution in [1.82, 2.24) is 0 Å². The van der Waals surface area contributed by atoms with Gasteiger partial charge in [0.25, 0.3) is 0 Å². The van der Waals surface area contributed by atoms with Gasteiger partial charge in [-0.15, -0.1) is 0 Å². The van der Waals surface area contributed by atoms with Gasteiger partial charge in [-0.25, -0.2) is 5.26 Å². The van der Waals surface area contributed by atoms with Gasteiger partial charge in [-0.05, 0) is 0 Å². The van der Waals surface area contributed by atoms with E-state index in [1.54, 1.807) is 0 Å². The fourth-order valence-corrected chi connectivity index (χ4v) is 0. The Morgan fingerprint density at radius 3 is 1.62 bits per heavy atom. The molecule has 4 nitrogen and oxygen atoms in total. The van der Waals surface area contributed by atoms with Crippen LogP contribution in [0.3, 0.4) is 0 Å². The largest absolute Gasteiger partial charge is 1.00 e. The van der Waals surface area contributed by atoms with Crippen molar-refractivity contribution in [2.24, 2.45) is 11.5 Å². The third kappa shape index (κ3) is 240. The maximum atomic E-state index is 7.13. The van der Waals surface area contributed by atoms with Crippen LogP contribution in [0.4, 0.5) is 0 Å². The second-order valence-corrected chi connectivity index (χ2v) is 0.729. The zero-order chi connectivity index (χ0) is 6.28. The van der Waals surface area contributed by atoms with Gasteiger partial charge in [0.05, 0.1) is 0 Å². The summed E-state index contributed by atoms with van der Waals surface area (Å²) in [7, 11) is 0. The maximum Gasteiger partial charge on any atom is 1.00 e. The molecule has 0 unspecified atom stereocenters. The SMILES string of the molecule is N#C[S-].N=C(N)N.[Cs+]. The summed E-state index contributed by atoms with van der Waals surface area (Å²) in [5.41, 5.74) is 8.94. The Balaban J connectivity index is -0.0000000575. The van der Waals surface area contributed by atoms with E-state index < -0.39 is 0 Å². The second-order valence-electron chi connectivity index (χ2n) is 0.547. The van der Waals surface area contributed by atoms with Gasteiger partial charge in [0.2, 0.25) is 0 Å². The average molecular weight is 250 g/mol. The molecule has 0 spiro atoms. The molecule has 0 saturated heterocycles. The van der Waals surface area contributed by atoms with Crippen molar-refractivity contribution in [1.29, 1.82) is 10.7 Å². The summed E-state index contributed by atoms with van der Waals surface area (Å²) in [4.78, 5) is 0. The van der Waals surface area contributed by atoms with Crippen molar-refractivity contribution in [2.45, 2.75) is 0 Å². The minimum atomic E-state index is -0.333. The van der Waals surface area contributed by atoms with Crippen molar-refractivity contribution < 1.29 is 68.9 Å². The quantitative estimate of drug-likeness (QED) is 0.176. The maximum absolute atomic E-state index is 7.13. The van der Waals surface area contributed by atoms with Crippen LogP contribution in [0.2, 0.25) is 0 Å². The third-order valence-electron chi connectivity index (χ3n) is 0. The fourth-order valence-electron chi connectivity index (χ4n) is 0. The molecule has 0 heterocycles. The first-order valence-corrected chi connectivity index (χ1v) is 1.66. The molecule has 0 aromatic rings. The molecule has 0 rings (SSSR count). The Labute approximate surface area is 112 Å². The summed E-state index contributed by atoms with van der Waals surface area (Å²) in [6.45, 7) is 0. The van der Waals surface area contributed by atoms with Crippen molar-refractivity contribution in [3.63, 3.8) is 0 Å². The van der Waals surface area contributed by atoms with E-state index in [0.29, 0.717) is 0 Å². The van der Waals surface area contributed by atoms with Crippen LogP contribution >= 0.6 is 0 Å². The van der Waals surface area contributed by atoms with Gasteiger partial charge in [-0.3, -0.25) is 5.41 Å². The van der Waals surface area contributed by atoms with Crippen LogP contribution in [0.25, 0.3) is 0 Å². The molecule has 0 aromatic heterocycles. The molecule has 0 radical (unpaired) electrons. The van der Waals surface area contributed by atoms with Crippen LogP contribution in [-0.2, 0) is 12.6 Å². The molecule has 0 fully saturated rings. The number of rotatable bonds is 0. The van der Waals surface area contributed by atoms with Gasteiger partial charge >= 0.3 is 68.9 Å². The van der Waals surface area contributed by atoms with E-state index in [-0.39, 0.29) is 74.9 Å². The molecule has 0 amide bonds. The standard InChI is InChI=1S/CH5N3.CHNS.Cs/c2-1(3)4;2-1-3;/h(H5,2,3,4);3H;/q;;+1/p-1. The van der Waals surface area contributed by atoms with E-state index in [0.717, 1.165) is 0 Å². The predicted molar refractivity (Wildman–Crippen MR) is 29.1 cm³/mol. The monoisotopic (exact) mass is 250 g/mol. The number of thiocyanates is 1. The summed E-state index contributed by atoms with van der Waals surface area (Å²) in [6.07, 6.45) is 0. The van der Waals surface area contributed by atoms with Crippen LogP contribution in [0.15, 0.2) is 0 Å². The topological polar surface area (TPSA) is 99.7 Å². The summed E-state index contributed by atoms with van der Waals surface area (Å²) in [5, 5.41) is 14.5. The van der Waals surface area contributed by atoms with Gasteiger partial charge < -0.3 is 24.1 Å². The Morgan fingerprint density at radius 1 is 1.62 bits per heavy atom. The number of hydrogen-bond acceptors (Lipinski definition) is 3. The molecule has 0 aliphatic heterocycles. The van der Waals surface area contributed by atoms with E-state index in [1.165, 1.54) is 5.40 Å². The van der Waals surface area contributed by atoms with Gasteiger partial charge in [-0.2, -0.15) is 0 Å². The molecule has 0 saturated carbocycles. The molecule has 0 bridgehead atoms. The Kier molecular flexibility index (Phi) is 31.4. The predicted octanol–water partition coefficient (Wildman–Crippen LogP) is -4.14. The van der Waals surface area contributed by atoms with Crippen molar-refractivity contribution in [2.75, 3.05) is 0 Å². The van der Waals surface area contributed by atoms with Crippen molar-refractivity contribution >= 4 is 18.6 Å². The van der Waals surface area contributed by atoms with Crippen LogP contribution < -0.4 is 80.4 Å². The number of nitriles is 1. The van der Waals surface area contributed by atoms with Crippen LogP contribution in [0.5, 0.6) is 0 Å². The number of nitrogens with zero attached hydrogens (tertiary/aromatic N) is 1. The Morgan fingerprint density at radius 2 is 1.62 bits per heavy atom. The van der Waals surface area contributed by atoms with Gasteiger partial charge in [0.1, 0.15) is 0 Å². The van der Waals surface area contributed by atoms with E-state index in [2.05, 4.69) is 24.1 Å². The summed E-state index contributed by atoms with van der Waals surface area (Å²) >= 11 is 3.70. The number of guanidine groups is 1. The van der Waals surface area contributed by atoms with E-state index in [4.69, 9.17) is 10.7 Å². The molecule has 8 heavy (non-hydrogen) atoms. The van der Waals surface area contributed by atoms with E-state index in [9.17, 15) is 0 Å². The van der Waals surface area contributed by atoms with Gasteiger partial charge in [0, 0.05) is 0 Å².